The van der Waals surface area contributed by atoms with Gasteiger partial charge in [-0.2, -0.15) is 5.10 Å². The minimum absolute atomic E-state index is 0.133. The van der Waals surface area contributed by atoms with Crippen LogP contribution in [-0.2, 0) is 6.42 Å². The zero-order chi connectivity index (χ0) is 14.1. The summed E-state index contributed by atoms with van der Waals surface area (Å²) in [6.07, 6.45) is 3.62. The average Bonchev–Trinajstić information content (AvgIpc) is 2.90. The fourth-order valence-electron chi connectivity index (χ4n) is 2.36. The van der Waals surface area contributed by atoms with Crippen LogP contribution in [0.1, 0.15) is 23.0 Å². The van der Waals surface area contributed by atoms with Crippen LogP contribution in [0.15, 0.2) is 42.7 Å². The highest BCUT2D eigenvalue weighted by atomic mass is 16.4. The van der Waals surface area contributed by atoms with Crippen molar-refractivity contribution in [3.8, 4) is 5.69 Å². The molecular weight excluding hydrogens is 254 g/mol. The second-order valence-corrected chi connectivity index (χ2v) is 4.40. The molecule has 0 amide bonds. The third-order valence-corrected chi connectivity index (χ3v) is 3.27. The first-order chi connectivity index (χ1) is 9.72. The Bertz CT molecular complexity index is 787. The van der Waals surface area contributed by atoms with Crippen molar-refractivity contribution in [2.45, 2.75) is 13.3 Å². The molecule has 2 heterocycles. The zero-order valence-corrected chi connectivity index (χ0v) is 10.9. The molecule has 0 spiro atoms. The molecule has 20 heavy (non-hydrogen) atoms. The molecule has 0 saturated carbocycles. The molecule has 0 bridgehead atoms. The van der Waals surface area contributed by atoms with Crippen LogP contribution in [0.2, 0.25) is 0 Å². The van der Waals surface area contributed by atoms with Gasteiger partial charge in [-0.05, 0) is 30.7 Å². The highest BCUT2D eigenvalue weighted by molar-refractivity contribution is 5.89. The van der Waals surface area contributed by atoms with E-state index in [9.17, 15) is 9.90 Å². The van der Waals surface area contributed by atoms with Gasteiger partial charge in [0.15, 0.2) is 0 Å². The molecule has 5 nitrogen and oxygen atoms in total. The summed E-state index contributed by atoms with van der Waals surface area (Å²) in [5, 5.41) is 16.2. The SMILES string of the molecule is CCc1c(C(=O)[O-])cnn1-c1cccc2ncccc12. The van der Waals surface area contributed by atoms with Gasteiger partial charge >= 0.3 is 0 Å². The van der Waals surface area contributed by atoms with Gasteiger partial charge in [-0.1, -0.05) is 13.0 Å². The van der Waals surface area contributed by atoms with Crippen LogP contribution in [0.3, 0.4) is 0 Å². The molecule has 0 aliphatic heterocycles. The fraction of sp³-hybridized carbons (Fsp3) is 0.133. The number of nitrogens with zero attached hydrogens (tertiary/aromatic N) is 3. The topological polar surface area (TPSA) is 70.8 Å². The van der Waals surface area contributed by atoms with E-state index in [-0.39, 0.29) is 5.56 Å². The number of carbonyl (C=O) groups excluding carboxylic acids is 1. The summed E-state index contributed by atoms with van der Waals surface area (Å²) < 4.78 is 1.65. The molecule has 1 aromatic carbocycles. The number of aromatic nitrogens is 3. The lowest BCUT2D eigenvalue weighted by Crippen LogP contribution is -2.23. The largest absolute Gasteiger partial charge is 0.545 e. The first kappa shape index (κ1) is 12.3. The third kappa shape index (κ3) is 1.84. The van der Waals surface area contributed by atoms with Gasteiger partial charge in [-0.25, -0.2) is 4.68 Å². The summed E-state index contributed by atoms with van der Waals surface area (Å²) in [6.45, 7) is 1.89. The molecular formula is C15H12N3O2-. The van der Waals surface area contributed by atoms with E-state index in [2.05, 4.69) is 10.1 Å². The molecule has 0 atom stereocenters. The molecule has 100 valence electrons. The van der Waals surface area contributed by atoms with Crippen LogP contribution in [0, 0.1) is 0 Å². The minimum Gasteiger partial charge on any atom is -0.545 e. The lowest BCUT2D eigenvalue weighted by Gasteiger charge is -2.10. The smallest absolute Gasteiger partial charge is 0.0749 e. The van der Waals surface area contributed by atoms with Crippen molar-refractivity contribution >= 4 is 16.9 Å². The summed E-state index contributed by atoms with van der Waals surface area (Å²) in [7, 11) is 0. The number of hydrogen-bond acceptors (Lipinski definition) is 4. The Balaban J connectivity index is 2.29. The van der Waals surface area contributed by atoms with Crippen molar-refractivity contribution in [3.05, 3.63) is 54.0 Å². The lowest BCUT2D eigenvalue weighted by atomic mass is 10.1. The van der Waals surface area contributed by atoms with Gasteiger partial charge in [-0.15, -0.1) is 0 Å². The molecule has 0 saturated heterocycles. The molecule has 3 rings (SSSR count). The zero-order valence-electron chi connectivity index (χ0n) is 10.9. The minimum atomic E-state index is -1.20. The van der Waals surface area contributed by atoms with Gasteiger partial charge in [-0.3, -0.25) is 4.98 Å². The van der Waals surface area contributed by atoms with Gasteiger partial charge in [0.25, 0.3) is 0 Å². The van der Waals surface area contributed by atoms with E-state index < -0.39 is 5.97 Å². The van der Waals surface area contributed by atoms with Crippen LogP contribution in [0.25, 0.3) is 16.6 Å². The quantitative estimate of drug-likeness (QED) is 0.717. The second-order valence-electron chi connectivity index (χ2n) is 4.40. The summed E-state index contributed by atoms with van der Waals surface area (Å²) >= 11 is 0. The number of benzene rings is 1. The molecule has 2 aromatic heterocycles. The molecule has 0 radical (unpaired) electrons. The van der Waals surface area contributed by atoms with Gasteiger partial charge in [0, 0.05) is 17.1 Å². The Morgan fingerprint density at radius 1 is 1.30 bits per heavy atom. The molecule has 3 aromatic rings. The Morgan fingerprint density at radius 3 is 2.90 bits per heavy atom. The van der Waals surface area contributed by atoms with Crippen molar-refractivity contribution in [1.29, 1.82) is 0 Å². The fourth-order valence-corrected chi connectivity index (χ4v) is 2.36. The predicted octanol–water partition coefficient (Wildman–Crippen LogP) is 1.35. The van der Waals surface area contributed by atoms with Crippen LogP contribution in [0.5, 0.6) is 0 Å². The molecule has 0 unspecified atom stereocenters. The van der Waals surface area contributed by atoms with Crippen molar-refractivity contribution < 1.29 is 9.90 Å². The maximum atomic E-state index is 11.1. The maximum Gasteiger partial charge on any atom is 0.0749 e. The summed E-state index contributed by atoms with van der Waals surface area (Å²) in [4.78, 5) is 15.4. The first-order valence-corrected chi connectivity index (χ1v) is 6.34. The van der Waals surface area contributed by atoms with Gasteiger partial charge < -0.3 is 9.90 Å². The number of carboxylic acids is 1. The van der Waals surface area contributed by atoms with E-state index in [1.54, 1.807) is 10.9 Å². The molecule has 0 fully saturated rings. The lowest BCUT2D eigenvalue weighted by molar-refractivity contribution is -0.255. The monoisotopic (exact) mass is 266 g/mol. The van der Waals surface area contributed by atoms with Crippen molar-refractivity contribution in [2.24, 2.45) is 0 Å². The summed E-state index contributed by atoms with van der Waals surface area (Å²) in [5.41, 5.74) is 2.42. The highest BCUT2D eigenvalue weighted by Crippen LogP contribution is 2.23. The van der Waals surface area contributed by atoms with Crippen molar-refractivity contribution in [3.63, 3.8) is 0 Å². The predicted molar refractivity (Wildman–Crippen MR) is 72.6 cm³/mol. The number of aromatic carboxylic acids is 1. The van der Waals surface area contributed by atoms with Crippen LogP contribution >= 0.6 is 0 Å². The molecule has 0 aliphatic carbocycles. The molecule has 0 N–H and O–H groups in total. The number of pyridine rings is 1. The van der Waals surface area contributed by atoms with E-state index >= 15 is 0 Å². The Kier molecular flexibility index (Phi) is 2.95. The van der Waals surface area contributed by atoms with Gasteiger partial charge in [0.2, 0.25) is 0 Å². The number of carboxylic acid groups (broad SMARTS) is 1. The first-order valence-electron chi connectivity index (χ1n) is 6.34. The Morgan fingerprint density at radius 2 is 2.15 bits per heavy atom. The average molecular weight is 266 g/mol. The maximum absolute atomic E-state index is 11.1. The third-order valence-electron chi connectivity index (χ3n) is 3.27. The standard InChI is InChI=1S/C15H13N3O2/c1-2-13-11(15(19)20)9-17-18(13)14-7-3-6-12-10(14)5-4-8-16-12/h3-9H,2H2,1H3,(H,19,20)/p-1. The van der Waals surface area contributed by atoms with Gasteiger partial charge in [0.1, 0.15) is 0 Å². The van der Waals surface area contributed by atoms with Crippen molar-refractivity contribution in [2.75, 3.05) is 0 Å². The van der Waals surface area contributed by atoms with E-state index in [1.165, 1.54) is 6.20 Å². The van der Waals surface area contributed by atoms with E-state index in [4.69, 9.17) is 0 Å². The highest BCUT2D eigenvalue weighted by Gasteiger charge is 2.13. The van der Waals surface area contributed by atoms with Crippen LogP contribution < -0.4 is 5.11 Å². The number of hydrogen-bond donors (Lipinski definition) is 0. The number of rotatable bonds is 3. The van der Waals surface area contributed by atoms with Crippen molar-refractivity contribution in [1.82, 2.24) is 14.8 Å². The van der Waals surface area contributed by atoms with E-state index in [0.717, 1.165) is 16.6 Å². The van der Waals surface area contributed by atoms with Gasteiger partial charge in [0.05, 0.1) is 29.1 Å². The van der Waals surface area contributed by atoms with Crippen LogP contribution in [0.4, 0.5) is 0 Å². The summed E-state index contributed by atoms with van der Waals surface area (Å²) in [5.74, 6) is -1.20. The van der Waals surface area contributed by atoms with E-state index in [0.29, 0.717) is 12.1 Å². The summed E-state index contributed by atoms with van der Waals surface area (Å²) in [6, 6.07) is 9.48. The second kappa shape index (κ2) is 4.77. The van der Waals surface area contributed by atoms with Crippen LogP contribution in [-0.4, -0.2) is 20.7 Å². The van der Waals surface area contributed by atoms with E-state index in [1.807, 2.05) is 37.3 Å². The Hall–Kier alpha value is -2.69. The number of fused-ring (bicyclic) bond motifs is 1. The normalized spacial score (nSPS) is 10.8. The molecule has 5 heteroatoms. The Labute approximate surface area is 115 Å². The number of carbonyl (C=O) groups is 1. The molecule has 0 aliphatic rings.